The minimum atomic E-state index is -0.0357. The Hall–Kier alpha value is -0.0800. The van der Waals surface area contributed by atoms with Gasteiger partial charge in [-0.1, -0.05) is 26.7 Å². The number of rotatable bonds is 8. The molecule has 15 heavy (non-hydrogen) atoms. The second kappa shape index (κ2) is 6.49. The molecular formula is C13H29NO. The third-order valence-corrected chi connectivity index (χ3v) is 3.51. The molecule has 2 heteroatoms. The van der Waals surface area contributed by atoms with Crippen molar-refractivity contribution >= 4 is 0 Å². The van der Waals surface area contributed by atoms with E-state index in [0.29, 0.717) is 0 Å². The lowest BCUT2D eigenvalue weighted by Crippen LogP contribution is -2.41. The summed E-state index contributed by atoms with van der Waals surface area (Å²) in [5, 5.41) is 0. The van der Waals surface area contributed by atoms with Gasteiger partial charge in [0.1, 0.15) is 0 Å². The Morgan fingerprint density at radius 1 is 1.07 bits per heavy atom. The minimum Gasteiger partial charge on any atom is -0.379 e. The van der Waals surface area contributed by atoms with Crippen LogP contribution in [0.4, 0.5) is 0 Å². The van der Waals surface area contributed by atoms with Gasteiger partial charge in [-0.05, 0) is 39.5 Å². The van der Waals surface area contributed by atoms with Gasteiger partial charge in [-0.25, -0.2) is 0 Å². The lowest BCUT2D eigenvalue weighted by molar-refractivity contribution is 0.00816. The second-order valence-electron chi connectivity index (χ2n) is 5.28. The van der Waals surface area contributed by atoms with Crippen molar-refractivity contribution in [3.8, 4) is 0 Å². The summed E-state index contributed by atoms with van der Waals surface area (Å²) in [4.78, 5) is 0. The van der Waals surface area contributed by atoms with E-state index in [2.05, 4.69) is 27.7 Å². The van der Waals surface area contributed by atoms with Crippen molar-refractivity contribution in [1.82, 2.24) is 0 Å². The molecule has 1 unspecified atom stereocenters. The van der Waals surface area contributed by atoms with Gasteiger partial charge in [-0.2, -0.15) is 0 Å². The van der Waals surface area contributed by atoms with Gasteiger partial charge in [0, 0.05) is 12.6 Å². The van der Waals surface area contributed by atoms with Crippen LogP contribution >= 0.6 is 0 Å². The van der Waals surface area contributed by atoms with Gasteiger partial charge in [0.25, 0.3) is 0 Å². The highest BCUT2D eigenvalue weighted by Gasteiger charge is 2.26. The van der Waals surface area contributed by atoms with E-state index in [9.17, 15) is 0 Å². The Kier molecular flexibility index (Phi) is 6.46. The Bertz CT molecular complexity index is 168. The number of unbranched alkanes of at least 4 members (excludes halogenated alkanes) is 1. The minimum absolute atomic E-state index is 0.0197. The monoisotopic (exact) mass is 215 g/mol. The van der Waals surface area contributed by atoms with Gasteiger partial charge >= 0.3 is 0 Å². The van der Waals surface area contributed by atoms with Crippen LogP contribution in [0.3, 0.4) is 0 Å². The first kappa shape index (κ1) is 14.9. The van der Waals surface area contributed by atoms with Crippen LogP contribution in [0.5, 0.6) is 0 Å². The molecule has 0 bridgehead atoms. The standard InChI is InChI=1S/C13H29NO/c1-6-8-9-13(14,7-2)11-10-12(3,4)15-5/h6-11,14H2,1-5H3. The SMILES string of the molecule is CCCCC(N)(CC)CCC(C)(C)OC. The fourth-order valence-corrected chi connectivity index (χ4v) is 1.66. The van der Waals surface area contributed by atoms with Crippen molar-refractivity contribution in [1.29, 1.82) is 0 Å². The Morgan fingerprint density at radius 3 is 2.07 bits per heavy atom. The van der Waals surface area contributed by atoms with E-state index in [1.54, 1.807) is 7.11 Å². The molecule has 0 fully saturated rings. The van der Waals surface area contributed by atoms with Crippen LogP contribution in [0.2, 0.25) is 0 Å². The summed E-state index contributed by atoms with van der Waals surface area (Å²) in [5.74, 6) is 0. The molecular weight excluding hydrogens is 186 g/mol. The molecule has 0 spiro atoms. The molecule has 0 radical (unpaired) electrons. The molecule has 92 valence electrons. The number of ether oxygens (including phenoxy) is 1. The molecule has 0 aliphatic heterocycles. The zero-order valence-electron chi connectivity index (χ0n) is 11.2. The van der Waals surface area contributed by atoms with E-state index in [-0.39, 0.29) is 11.1 Å². The predicted molar refractivity (Wildman–Crippen MR) is 67.1 cm³/mol. The largest absolute Gasteiger partial charge is 0.379 e. The summed E-state index contributed by atoms with van der Waals surface area (Å²) in [7, 11) is 1.77. The molecule has 0 saturated heterocycles. The zero-order valence-corrected chi connectivity index (χ0v) is 11.2. The zero-order chi connectivity index (χ0) is 11.9. The van der Waals surface area contributed by atoms with E-state index in [0.717, 1.165) is 25.7 Å². The van der Waals surface area contributed by atoms with Crippen molar-refractivity contribution in [3.63, 3.8) is 0 Å². The van der Waals surface area contributed by atoms with E-state index in [1.807, 2.05) is 0 Å². The van der Waals surface area contributed by atoms with E-state index in [4.69, 9.17) is 10.5 Å². The van der Waals surface area contributed by atoms with E-state index in [1.165, 1.54) is 12.8 Å². The fraction of sp³-hybridized carbons (Fsp3) is 1.00. The molecule has 0 aromatic carbocycles. The number of methoxy groups -OCH3 is 1. The summed E-state index contributed by atoms with van der Waals surface area (Å²) in [6, 6.07) is 0. The average Bonchev–Trinajstić information content (AvgIpc) is 2.24. The third-order valence-electron chi connectivity index (χ3n) is 3.51. The summed E-state index contributed by atoms with van der Waals surface area (Å²) in [5.41, 5.74) is 6.37. The number of hydrogen-bond acceptors (Lipinski definition) is 2. The second-order valence-corrected chi connectivity index (χ2v) is 5.28. The first-order chi connectivity index (χ1) is 6.89. The molecule has 0 aromatic rings. The van der Waals surface area contributed by atoms with Gasteiger partial charge in [0.05, 0.1) is 5.60 Å². The van der Waals surface area contributed by atoms with Gasteiger partial charge in [0.2, 0.25) is 0 Å². The Balaban J connectivity index is 4.08. The van der Waals surface area contributed by atoms with Crippen molar-refractivity contribution in [2.45, 2.75) is 77.4 Å². The molecule has 0 rings (SSSR count). The number of hydrogen-bond donors (Lipinski definition) is 1. The fourth-order valence-electron chi connectivity index (χ4n) is 1.66. The first-order valence-electron chi connectivity index (χ1n) is 6.23. The smallest absolute Gasteiger partial charge is 0.0623 e. The van der Waals surface area contributed by atoms with Gasteiger partial charge < -0.3 is 10.5 Å². The molecule has 1 atom stereocenters. The maximum absolute atomic E-state index is 6.39. The van der Waals surface area contributed by atoms with Crippen molar-refractivity contribution in [2.75, 3.05) is 7.11 Å². The molecule has 0 aliphatic carbocycles. The van der Waals surface area contributed by atoms with Crippen LogP contribution in [0.25, 0.3) is 0 Å². The van der Waals surface area contributed by atoms with Crippen LogP contribution < -0.4 is 5.73 Å². The van der Waals surface area contributed by atoms with Gasteiger partial charge in [0.15, 0.2) is 0 Å². The van der Waals surface area contributed by atoms with Crippen molar-refractivity contribution in [2.24, 2.45) is 5.73 Å². The molecule has 0 amide bonds. The lowest BCUT2D eigenvalue weighted by atomic mass is 9.83. The van der Waals surface area contributed by atoms with E-state index >= 15 is 0 Å². The van der Waals surface area contributed by atoms with Crippen LogP contribution in [0.15, 0.2) is 0 Å². The Labute approximate surface area is 95.6 Å². The molecule has 2 N–H and O–H groups in total. The maximum Gasteiger partial charge on any atom is 0.0623 e. The summed E-state index contributed by atoms with van der Waals surface area (Å²) < 4.78 is 5.43. The summed E-state index contributed by atoms with van der Waals surface area (Å²) >= 11 is 0. The lowest BCUT2D eigenvalue weighted by Gasteiger charge is -2.32. The van der Waals surface area contributed by atoms with Gasteiger partial charge in [-0.15, -0.1) is 0 Å². The molecule has 0 saturated carbocycles. The van der Waals surface area contributed by atoms with Crippen LogP contribution in [0, 0.1) is 0 Å². The molecule has 0 heterocycles. The highest BCUT2D eigenvalue weighted by Crippen LogP contribution is 2.26. The summed E-state index contributed by atoms with van der Waals surface area (Å²) in [6.45, 7) is 8.66. The third kappa shape index (κ3) is 6.16. The molecule has 0 aliphatic rings. The van der Waals surface area contributed by atoms with Crippen LogP contribution in [-0.2, 0) is 4.74 Å². The number of nitrogens with two attached hydrogens (primary N) is 1. The highest BCUT2D eigenvalue weighted by molar-refractivity contribution is 4.85. The maximum atomic E-state index is 6.39. The van der Waals surface area contributed by atoms with Gasteiger partial charge in [-0.3, -0.25) is 0 Å². The van der Waals surface area contributed by atoms with Crippen molar-refractivity contribution < 1.29 is 4.74 Å². The topological polar surface area (TPSA) is 35.2 Å². The molecule has 0 aromatic heterocycles. The van der Waals surface area contributed by atoms with Crippen molar-refractivity contribution in [3.05, 3.63) is 0 Å². The molecule has 2 nitrogen and oxygen atoms in total. The Morgan fingerprint density at radius 2 is 1.67 bits per heavy atom. The van der Waals surface area contributed by atoms with Crippen LogP contribution in [0.1, 0.15) is 66.2 Å². The predicted octanol–water partition coefficient (Wildman–Crippen LogP) is 3.49. The first-order valence-corrected chi connectivity index (χ1v) is 6.23. The van der Waals surface area contributed by atoms with Crippen LogP contribution in [-0.4, -0.2) is 18.2 Å². The normalized spacial score (nSPS) is 16.4. The average molecular weight is 215 g/mol. The summed E-state index contributed by atoms with van der Waals surface area (Å²) in [6.07, 6.45) is 6.76. The quantitative estimate of drug-likeness (QED) is 0.672. The highest BCUT2D eigenvalue weighted by atomic mass is 16.5. The van der Waals surface area contributed by atoms with E-state index < -0.39 is 0 Å².